The maximum Gasteiger partial charge on any atom is 0.0452 e. The number of nitrogens with zero attached hydrogens (tertiary/aromatic N) is 1. The van der Waals surface area contributed by atoms with E-state index in [9.17, 15) is 0 Å². The molecule has 3 rings (SSSR count). The summed E-state index contributed by atoms with van der Waals surface area (Å²) < 4.78 is 0. The molecule has 1 N–H and O–H groups in total. The average molecular weight is 272 g/mol. The lowest BCUT2D eigenvalue weighted by Gasteiger charge is -2.33. The molecule has 0 saturated heterocycles. The monoisotopic (exact) mass is 272 g/mol. The summed E-state index contributed by atoms with van der Waals surface area (Å²) in [6, 6.07) is 9.48. The number of hydrogen-bond donors (Lipinski definition) is 1. The van der Waals surface area contributed by atoms with Gasteiger partial charge in [-0.2, -0.15) is 0 Å². The van der Waals surface area contributed by atoms with Gasteiger partial charge in [-0.25, -0.2) is 0 Å². The van der Waals surface area contributed by atoms with E-state index >= 15 is 0 Å². The van der Waals surface area contributed by atoms with Gasteiger partial charge in [-0.05, 0) is 49.9 Å². The summed E-state index contributed by atoms with van der Waals surface area (Å²) in [5.74, 6) is 0.938. The van der Waals surface area contributed by atoms with Crippen molar-refractivity contribution in [2.24, 2.45) is 5.92 Å². The summed E-state index contributed by atoms with van der Waals surface area (Å²) in [7, 11) is 2.30. The normalized spacial score (nSPS) is 23.8. The second kappa shape index (κ2) is 6.73. The second-order valence-corrected chi connectivity index (χ2v) is 6.68. The van der Waals surface area contributed by atoms with Gasteiger partial charge >= 0.3 is 0 Å². The summed E-state index contributed by atoms with van der Waals surface area (Å²) in [5.41, 5.74) is 3.07. The van der Waals surface area contributed by atoms with Gasteiger partial charge in [0.1, 0.15) is 0 Å². The van der Waals surface area contributed by atoms with E-state index in [1.807, 2.05) is 0 Å². The Morgan fingerprint density at radius 2 is 1.90 bits per heavy atom. The molecule has 1 heterocycles. The Kier molecular flexibility index (Phi) is 4.74. The first-order valence-corrected chi connectivity index (χ1v) is 8.32. The predicted molar refractivity (Wildman–Crippen MR) is 85.0 cm³/mol. The van der Waals surface area contributed by atoms with Crippen LogP contribution in [0.3, 0.4) is 0 Å². The maximum absolute atomic E-state index is 3.70. The van der Waals surface area contributed by atoms with Crippen LogP contribution in [-0.2, 0) is 6.42 Å². The minimum atomic E-state index is 0.522. The Bertz CT molecular complexity index is 423. The van der Waals surface area contributed by atoms with Gasteiger partial charge in [-0.1, -0.05) is 43.5 Å². The fourth-order valence-electron chi connectivity index (χ4n) is 3.95. The molecule has 0 radical (unpaired) electrons. The van der Waals surface area contributed by atoms with Crippen molar-refractivity contribution in [3.05, 3.63) is 35.4 Å². The van der Waals surface area contributed by atoms with E-state index in [0.717, 1.165) is 19.0 Å². The number of rotatable bonds is 4. The van der Waals surface area contributed by atoms with Crippen LogP contribution >= 0.6 is 0 Å². The van der Waals surface area contributed by atoms with Crippen LogP contribution in [0.4, 0.5) is 0 Å². The Labute approximate surface area is 123 Å². The van der Waals surface area contributed by atoms with Crippen LogP contribution in [0.15, 0.2) is 24.3 Å². The molecule has 2 nitrogen and oxygen atoms in total. The fourth-order valence-corrected chi connectivity index (χ4v) is 3.95. The molecule has 0 aromatic heterocycles. The van der Waals surface area contributed by atoms with E-state index in [4.69, 9.17) is 0 Å². The van der Waals surface area contributed by atoms with Crippen LogP contribution in [0.5, 0.6) is 0 Å². The van der Waals surface area contributed by atoms with Gasteiger partial charge in [-0.3, -0.25) is 0 Å². The summed E-state index contributed by atoms with van der Waals surface area (Å²) in [6.07, 6.45) is 8.42. The molecular weight excluding hydrogens is 244 g/mol. The SMILES string of the molecule is CN(CC1CCCCC1)CC1NCCc2ccccc21. The molecule has 0 spiro atoms. The standard InChI is InChI=1S/C18H28N2/c1-20(13-15-7-3-2-4-8-15)14-18-17-10-6-5-9-16(17)11-12-19-18/h5-6,9-10,15,18-19H,2-4,7-8,11-14H2,1H3. The summed E-state index contributed by atoms with van der Waals surface area (Å²) in [4.78, 5) is 2.55. The number of benzene rings is 1. The topological polar surface area (TPSA) is 15.3 Å². The van der Waals surface area contributed by atoms with Crippen LogP contribution < -0.4 is 5.32 Å². The minimum Gasteiger partial charge on any atom is -0.309 e. The van der Waals surface area contributed by atoms with Crippen molar-refractivity contribution in [2.45, 2.75) is 44.6 Å². The summed E-state index contributed by atoms with van der Waals surface area (Å²) >= 11 is 0. The lowest BCUT2D eigenvalue weighted by molar-refractivity contribution is 0.214. The molecule has 1 atom stereocenters. The molecule has 20 heavy (non-hydrogen) atoms. The minimum absolute atomic E-state index is 0.522. The van der Waals surface area contributed by atoms with Crippen molar-refractivity contribution in [3.63, 3.8) is 0 Å². The maximum atomic E-state index is 3.70. The lowest BCUT2D eigenvalue weighted by atomic mass is 9.88. The van der Waals surface area contributed by atoms with Crippen molar-refractivity contribution in [1.82, 2.24) is 10.2 Å². The van der Waals surface area contributed by atoms with Crippen LogP contribution in [0.2, 0.25) is 0 Å². The average Bonchev–Trinajstić information content (AvgIpc) is 2.48. The molecule has 1 aromatic rings. The van der Waals surface area contributed by atoms with E-state index < -0.39 is 0 Å². The van der Waals surface area contributed by atoms with Crippen LogP contribution in [0.1, 0.15) is 49.3 Å². The Morgan fingerprint density at radius 3 is 2.75 bits per heavy atom. The molecule has 1 aromatic carbocycles. The third-order valence-electron chi connectivity index (χ3n) is 5.00. The summed E-state index contributed by atoms with van der Waals surface area (Å²) in [6.45, 7) is 3.55. The second-order valence-electron chi connectivity index (χ2n) is 6.68. The van der Waals surface area contributed by atoms with Gasteiger partial charge < -0.3 is 10.2 Å². The van der Waals surface area contributed by atoms with Crippen molar-refractivity contribution >= 4 is 0 Å². The van der Waals surface area contributed by atoms with Crippen molar-refractivity contribution in [3.8, 4) is 0 Å². The first-order chi connectivity index (χ1) is 9.83. The molecule has 1 saturated carbocycles. The summed E-state index contributed by atoms with van der Waals surface area (Å²) in [5, 5.41) is 3.70. The zero-order valence-corrected chi connectivity index (χ0v) is 12.8. The van der Waals surface area contributed by atoms with Gasteiger partial charge in [0.05, 0.1) is 0 Å². The quantitative estimate of drug-likeness (QED) is 0.904. The van der Waals surface area contributed by atoms with E-state index in [1.165, 1.54) is 50.6 Å². The van der Waals surface area contributed by atoms with E-state index in [2.05, 4.69) is 41.5 Å². The molecule has 1 unspecified atom stereocenters. The molecular formula is C18H28N2. The first kappa shape index (κ1) is 14.1. The fraction of sp³-hybridized carbons (Fsp3) is 0.667. The third kappa shape index (κ3) is 3.42. The Hall–Kier alpha value is -0.860. The molecule has 2 heteroatoms. The molecule has 110 valence electrons. The zero-order valence-electron chi connectivity index (χ0n) is 12.8. The molecule has 0 bridgehead atoms. The Balaban J connectivity index is 1.57. The highest BCUT2D eigenvalue weighted by atomic mass is 15.1. The van der Waals surface area contributed by atoms with Gasteiger partial charge in [0.15, 0.2) is 0 Å². The number of fused-ring (bicyclic) bond motifs is 1. The predicted octanol–water partition coefficient (Wildman–Crippen LogP) is 3.39. The van der Waals surface area contributed by atoms with Gasteiger partial charge in [-0.15, -0.1) is 0 Å². The highest BCUT2D eigenvalue weighted by Crippen LogP contribution is 2.26. The zero-order chi connectivity index (χ0) is 13.8. The van der Waals surface area contributed by atoms with Gasteiger partial charge in [0, 0.05) is 19.1 Å². The molecule has 1 aliphatic carbocycles. The molecule has 2 aliphatic rings. The largest absolute Gasteiger partial charge is 0.309 e. The molecule has 0 amide bonds. The van der Waals surface area contributed by atoms with Crippen LogP contribution in [0, 0.1) is 5.92 Å². The lowest BCUT2D eigenvalue weighted by Crippen LogP contribution is -2.39. The van der Waals surface area contributed by atoms with Gasteiger partial charge in [0.25, 0.3) is 0 Å². The van der Waals surface area contributed by atoms with E-state index in [-0.39, 0.29) is 0 Å². The Morgan fingerprint density at radius 1 is 1.10 bits per heavy atom. The van der Waals surface area contributed by atoms with Crippen molar-refractivity contribution in [2.75, 3.05) is 26.7 Å². The highest BCUT2D eigenvalue weighted by molar-refractivity contribution is 5.32. The van der Waals surface area contributed by atoms with Crippen LogP contribution in [0.25, 0.3) is 0 Å². The van der Waals surface area contributed by atoms with E-state index in [1.54, 1.807) is 5.56 Å². The van der Waals surface area contributed by atoms with Crippen molar-refractivity contribution in [1.29, 1.82) is 0 Å². The van der Waals surface area contributed by atoms with Crippen molar-refractivity contribution < 1.29 is 0 Å². The van der Waals surface area contributed by atoms with Gasteiger partial charge in [0.2, 0.25) is 0 Å². The first-order valence-electron chi connectivity index (χ1n) is 8.32. The molecule has 1 fully saturated rings. The van der Waals surface area contributed by atoms with Crippen LogP contribution in [-0.4, -0.2) is 31.6 Å². The third-order valence-corrected chi connectivity index (χ3v) is 5.00. The highest BCUT2D eigenvalue weighted by Gasteiger charge is 2.22. The number of nitrogens with one attached hydrogen (secondary N) is 1. The molecule has 1 aliphatic heterocycles. The number of hydrogen-bond acceptors (Lipinski definition) is 2. The number of likely N-dealkylation sites (N-methyl/N-ethyl adjacent to an activating group) is 1. The smallest absolute Gasteiger partial charge is 0.0452 e. The van der Waals surface area contributed by atoms with E-state index in [0.29, 0.717) is 6.04 Å².